The summed E-state index contributed by atoms with van der Waals surface area (Å²) in [4.78, 5) is 7.62. The minimum absolute atomic E-state index is 0.555. The van der Waals surface area contributed by atoms with Gasteiger partial charge >= 0.3 is 0 Å². The molecule has 0 aliphatic rings. The summed E-state index contributed by atoms with van der Waals surface area (Å²) >= 11 is 4.86. The third-order valence-corrected chi connectivity index (χ3v) is 1.35. The number of anilines is 1. The lowest BCUT2D eigenvalue weighted by Gasteiger charge is -2.04. The van der Waals surface area contributed by atoms with E-state index < -0.39 is 0 Å². The van der Waals surface area contributed by atoms with Crippen LogP contribution in [0, 0.1) is 0 Å². The second kappa shape index (κ2) is 3.82. The fourth-order valence-electron chi connectivity index (χ4n) is 0.557. The van der Waals surface area contributed by atoms with Gasteiger partial charge in [0.2, 0.25) is 0 Å². The van der Waals surface area contributed by atoms with Gasteiger partial charge in [-0.15, -0.1) is 0 Å². The maximum atomic E-state index is 4.86. The number of nitrogens with one attached hydrogen (secondary N) is 2. The summed E-state index contributed by atoms with van der Waals surface area (Å²) in [7, 11) is 1.75. The van der Waals surface area contributed by atoms with Crippen molar-refractivity contribution in [2.45, 2.75) is 0 Å². The first-order chi connectivity index (χ1) is 5.33. The highest BCUT2D eigenvalue weighted by Gasteiger charge is 1.92. The van der Waals surface area contributed by atoms with Crippen LogP contribution in [0.15, 0.2) is 18.7 Å². The maximum Gasteiger partial charge on any atom is 0.170 e. The molecule has 0 unspecified atom stereocenters. The van der Waals surface area contributed by atoms with Crippen LogP contribution in [-0.2, 0) is 0 Å². The van der Waals surface area contributed by atoms with Gasteiger partial charge in [-0.25, -0.2) is 9.97 Å². The highest BCUT2D eigenvalue weighted by atomic mass is 32.1. The summed E-state index contributed by atoms with van der Waals surface area (Å²) in [5.41, 5.74) is 0.784. The highest BCUT2D eigenvalue weighted by molar-refractivity contribution is 7.80. The van der Waals surface area contributed by atoms with Crippen molar-refractivity contribution >= 4 is 23.0 Å². The van der Waals surface area contributed by atoms with Crippen LogP contribution in [0.3, 0.4) is 0 Å². The van der Waals surface area contributed by atoms with Crippen molar-refractivity contribution in [1.29, 1.82) is 0 Å². The van der Waals surface area contributed by atoms with Crippen molar-refractivity contribution in [3.05, 3.63) is 18.7 Å². The first-order valence-electron chi connectivity index (χ1n) is 3.06. The average molecular weight is 168 g/mol. The topological polar surface area (TPSA) is 49.8 Å². The van der Waals surface area contributed by atoms with Crippen molar-refractivity contribution in [3.63, 3.8) is 0 Å². The van der Waals surface area contributed by atoms with Gasteiger partial charge in [0.05, 0.1) is 18.1 Å². The number of hydrogen-bond donors (Lipinski definition) is 2. The van der Waals surface area contributed by atoms with Gasteiger partial charge in [0.15, 0.2) is 5.11 Å². The number of thiocarbonyl (C=S) groups is 1. The molecular weight excluding hydrogens is 160 g/mol. The van der Waals surface area contributed by atoms with E-state index in [0.29, 0.717) is 5.11 Å². The van der Waals surface area contributed by atoms with E-state index >= 15 is 0 Å². The molecule has 0 radical (unpaired) electrons. The zero-order valence-corrected chi connectivity index (χ0v) is 6.85. The fraction of sp³-hybridized carbons (Fsp3) is 0.167. The van der Waals surface area contributed by atoms with Crippen LogP contribution in [0.2, 0.25) is 0 Å². The molecule has 5 heteroatoms. The molecule has 0 spiro atoms. The van der Waals surface area contributed by atoms with Crippen molar-refractivity contribution in [3.8, 4) is 0 Å². The summed E-state index contributed by atoms with van der Waals surface area (Å²) in [6.45, 7) is 0. The quantitative estimate of drug-likeness (QED) is 0.594. The Morgan fingerprint density at radius 1 is 1.45 bits per heavy atom. The first-order valence-corrected chi connectivity index (χ1v) is 3.47. The molecule has 0 saturated carbocycles. The second-order valence-electron chi connectivity index (χ2n) is 1.83. The van der Waals surface area contributed by atoms with Crippen LogP contribution >= 0.6 is 12.2 Å². The molecule has 0 bridgehead atoms. The first kappa shape index (κ1) is 7.87. The monoisotopic (exact) mass is 168 g/mol. The van der Waals surface area contributed by atoms with Gasteiger partial charge in [0.25, 0.3) is 0 Å². The van der Waals surface area contributed by atoms with E-state index in [9.17, 15) is 0 Å². The largest absolute Gasteiger partial charge is 0.366 e. The van der Waals surface area contributed by atoms with E-state index in [1.54, 1.807) is 19.4 Å². The molecule has 11 heavy (non-hydrogen) atoms. The molecule has 1 aromatic rings. The van der Waals surface area contributed by atoms with Gasteiger partial charge in [-0.3, -0.25) is 0 Å². The van der Waals surface area contributed by atoms with Crippen molar-refractivity contribution < 1.29 is 0 Å². The smallest absolute Gasteiger partial charge is 0.170 e. The van der Waals surface area contributed by atoms with E-state index in [0.717, 1.165) is 5.69 Å². The fourth-order valence-corrected chi connectivity index (χ4v) is 0.675. The maximum absolute atomic E-state index is 4.86. The van der Waals surface area contributed by atoms with Gasteiger partial charge in [-0.2, -0.15) is 0 Å². The molecule has 4 nitrogen and oxygen atoms in total. The minimum Gasteiger partial charge on any atom is -0.366 e. The summed E-state index contributed by atoms with van der Waals surface area (Å²) < 4.78 is 0. The van der Waals surface area contributed by atoms with Gasteiger partial charge in [-0.1, -0.05) is 0 Å². The molecule has 2 N–H and O–H groups in total. The molecule has 0 fully saturated rings. The van der Waals surface area contributed by atoms with Crippen molar-refractivity contribution in [2.24, 2.45) is 0 Å². The Kier molecular flexibility index (Phi) is 2.74. The summed E-state index contributed by atoms with van der Waals surface area (Å²) in [6.07, 6.45) is 4.76. The average Bonchev–Trinajstić information content (AvgIpc) is 2.06. The molecule has 1 aromatic heterocycles. The van der Waals surface area contributed by atoms with E-state index in [4.69, 9.17) is 12.2 Å². The summed E-state index contributed by atoms with van der Waals surface area (Å²) in [6, 6.07) is 0. The third-order valence-electron chi connectivity index (χ3n) is 1.05. The Labute approximate surface area is 70.1 Å². The van der Waals surface area contributed by atoms with Gasteiger partial charge < -0.3 is 10.6 Å². The lowest BCUT2D eigenvalue weighted by Crippen LogP contribution is -2.24. The van der Waals surface area contributed by atoms with E-state index in [1.807, 2.05) is 0 Å². The number of aromatic nitrogens is 2. The molecule has 0 aliphatic carbocycles. The standard InChI is InChI=1S/C6H8N4S/c1-7-6(11)10-5-2-8-4-9-3-5/h2-4H,1H3,(H2,7,10,11). The van der Waals surface area contributed by atoms with Crippen LogP contribution in [0.1, 0.15) is 0 Å². The van der Waals surface area contributed by atoms with Crippen molar-refractivity contribution in [2.75, 3.05) is 12.4 Å². The Balaban J connectivity index is 2.58. The van der Waals surface area contributed by atoms with Crippen LogP contribution in [0.4, 0.5) is 5.69 Å². The summed E-state index contributed by atoms with van der Waals surface area (Å²) in [5, 5.41) is 6.22. The van der Waals surface area contributed by atoms with E-state index in [2.05, 4.69) is 20.6 Å². The Morgan fingerprint density at radius 3 is 2.64 bits per heavy atom. The Bertz CT molecular complexity index is 236. The van der Waals surface area contributed by atoms with Gasteiger partial charge in [0, 0.05) is 7.05 Å². The number of nitrogens with zero attached hydrogens (tertiary/aromatic N) is 2. The molecule has 0 atom stereocenters. The lowest BCUT2D eigenvalue weighted by atomic mass is 10.5. The SMILES string of the molecule is CNC(=S)Nc1cncnc1. The molecule has 0 saturated heterocycles. The molecule has 0 amide bonds. The molecule has 0 aliphatic heterocycles. The van der Waals surface area contributed by atoms with Gasteiger partial charge in [0.1, 0.15) is 6.33 Å². The van der Waals surface area contributed by atoms with Crippen LogP contribution in [0.25, 0.3) is 0 Å². The van der Waals surface area contributed by atoms with Crippen LogP contribution in [-0.4, -0.2) is 22.1 Å². The molecular formula is C6H8N4S. The Morgan fingerprint density at radius 2 is 2.09 bits per heavy atom. The number of hydrogen-bond acceptors (Lipinski definition) is 3. The predicted molar refractivity (Wildman–Crippen MR) is 47.3 cm³/mol. The molecule has 1 rings (SSSR count). The van der Waals surface area contributed by atoms with Crippen molar-refractivity contribution in [1.82, 2.24) is 15.3 Å². The molecule has 0 aromatic carbocycles. The predicted octanol–water partition coefficient (Wildman–Crippen LogP) is 0.393. The van der Waals surface area contributed by atoms with E-state index in [-0.39, 0.29) is 0 Å². The number of rotatable bonds is 1. The zero-order valence-electron chi connectivity index (χ0n) is 6.03. The normalized spacial score (nSPS) is 8.82. The zero-order chi connectivity index (χ0) is 8.10. The second-order valence-corrected chi connectivity index (χ2v) is 2.24. The molecule has 58 valence electrons. The highest BCUT2D eigenvalue weighted by Crippen LogP contribution is 1.98. The minimum atomic E-state index is 0.555. The summed E-state index contributed by atoms with van der Waals surface area (Å²) in [5.74, 6) is 0. The van der Waals surface area contributed by atoms with E-state index in [1.165, 1.54) is 6.33 Å². The van der Waals surface area contributed by atoms with Crippen LogP contribution < -0.4 is 10.6 Å². The van der Waals surface area contributed by atoms with Crippen LogP contribution in [0.5, 0.6) is 0 Å². The molecule has 1 heterocycles. The van der Waals surface area contributed by atoms with Gasteiger partial charge in [-0.05, 0) is 12.2 Å². The third kappa shape index (κ3) is 2.46. The lowest BCUT2D eigenvalue weighted by molar-refractivity contribution is 1.15. The Hall–Kier alpha value is -1.23.